The van der Waals surface area contributed by atoms with Crippen LogP contribution in [0.1, 0.15) is 51.9 Å². The van der Waals surface area contributed by atoms with Crippen molar-refractivity contribution in [1.29, 1.82) is 0 Å². The van der Waals surface area contributed by atoms with Crippen LogP contribution >= 0.6 is 0 Å². The number of hydrogen-bond acceptors (Lipinski definition) is 3. The van der Waals surface area contributed by atoms with Gasteiger partial charge in [-0.1, -0.05) is 0 Å². The van der Waals surface area contributed by atoms with Gasteiger partial charge in [-0.3, -0.25) is 9.69 Å². The first-order valence-corrected chi connectivity index (χ1v) is 7.75. The minimum Gasteiger partial charge on any atom is -0.481 e. The van der Waals surface area contributed by atoms with Crippen molar-refractivity contribution >= 4 is 5.97 Å². The smallest absolute Gasteiger partial charge is 0.303 e. The molecule has 108 valence electrons. The molecule has 19 heavy (non-hydrogen) atoms. The molecule has 3 heterocycles. The van der Waals surface area contributed by atoms with Crippen LogP contribution in [0.2, 0.25) is 0 Å². The Balaban J connectivity index is 1.56. The maximum Gasteiger partial charge on any atom is 0.303 e. The number of rotatable bonds is 4. The third-order valence-corrected chi connectivity index (χ3v) is 5.18. The number of carboxylic acids is 1. The van der Waals surface area contributed by atoms with E-state index in [0.717, 1.165) is 19.4 Å². The van der Waals surface area contributed by atoms with Gasteiger partial charge in [-0.05, 0) is 51.4 Å². The molecule has 0 aromatic carbocycles. The predicted octanol–water partition coefficient (Wildman–Crippen LogP) is 2.27. The Hall–Kier alpha value is -0.610. The average Bonchev–Trinajstić information content (AvgIpc) is 2.82. The van der Waals surface area contributed by atoms with Crippen molar-refractivity contribution in [2.24, 2.45) is 5.92 Å². The third-order valence-electron chi connectivity index (χ3n) is 5.18. The van der Waals surface area contributed by atoms with E-state index in [1.165, 1.54) is 25.7 Å². The van der Waals surface area contributed by atoms with Gasteiger partial charge in [0.2, 0.25) is 0 Å². The second-order valence-electron chi connectivity index (χ2n) is 6.66. The van der Waals surface area contributed by atoms with Crippen molar-refractivity contribution in [1.82, 2.24) is 4.90 Å². The number of hydrogen-bond donors (Lipinski definition) is 1. The van der Waals surface area contributed by atoms with E-state index in [9.17, 15) is 4.79 Å². The molecule has 0 amide bonds. The van der Waals surface area contributed by atoms with E-state index in [-0.39, 0.29) is 0 Å². The summed E-state index contributed by atoms with van der Waals surface area (Å²) in [4.78, 5) is 13.5. The van der Waals surface area contributed by atoms with E-state index < -0.39 is 5.97 Å². The number of ether oxygens (including phenoxy) is 1. The SMILES string of the molecule is CC1CCC(CN2C3CCC2CC(CC(=O)O)C3)O1. The molecule has 4 atom stereocenters. The molecule has 2 bridgehead atoms. The summed E-state index contributed by atoms with van der Waals surface area (Å²) in [5.41, 5.74) is 0. The van der Waals surface area contributed by atoms with Crippen molar-refractivity contribution < 1.29 is 14.6 Å². The van der Waals surface area contributed by atoms with Crippen LogP contribution in [0.3, 0.4) is 0 Å². The Bertz CT molecular complexity index is 332. The molecular formula is C15H25NO3. The van der Waals surface area contributed by atoms with Crippen LogP contribution < -0.4 is 0 Å². The first kappa shape index (κ1) is 13.4. The van der Waals surface area contributed by atoms with Crippen LogP contribution in [0.4, 0.5) is 0 Å². The second-order valence-corrected chi connectivity index (χ2v) is 6.66. The van der Waals surface area contributed by atoms with Crippen LogP contribution in [0.15, 0.2) is 0 Å². The maximum atomic E-state index is 10.9. The van der Waals surface area contributed by atoms with Gasteiger partial charge in [0, 0.05) is 25.0 Å². The van der Waals surface area contributed by atoms with E-state index in [1.54, 1.807) is 0 Å². The van der Waals surface area contributed by atoms with Crippen LogP contribution in [0.5, 0.6) is 0 Å². The molecule has 3 saturated heterocycles. The van der Waals surface area contributed by atoms with Crippen molar-refractivity contribution in [3.8, 4) is 0 Å². The van der Waals surface area contributed by atoms with Gasteiger partial charge in [0.25, 0.3) is 0 Å². The average molecular weight is 267 g/mol. The fourth-order valence-electron chi connectivity index (χ4n) is 4.35. The van der Waals surface area contributed by atoms with E-state index in [0.29, 0.717) is 36.6 Å². The minimum atomic E-state index is -0.634. The van der Waals surface area contributed by atoms with Gasteiger partial charge >= 0.3 is 5.97 Å². The Kier molecular flexibility index (Phi) is 3.81. The summed E-state index contributed by atoms with van der Waals surface area (Å²) in [5.74, 6) is -0.236. The van der Waals surface area contributed by atoms with Crippen LogP contribution in [-0.2, 0) is 9.53 Å². The number of carboxylic acid groups (broad SMARTS) is 1. The molecule has 4 heteroatoms. The molecule has 0 aliphatic carbocycles. The number of fused-ring (bicyclic) bond motifs is 2. The highest BCUT2D eigenvalue weighted by Crippen LogP contribution is 2.40. The van der Waals surface area contributed by atoms with E-state index >= 15 is 0 Å². The Morgan fingerprint density at radius 2 is 1.89 bits per heavy atom. The van der Waals surface area contributed by atoms with E-state index in [4.69, 9.17) is 9.84 Å². The van der Waals surface area contributed by atoms with Crippen LogP contribution in [-0.4, -0.2) is 46.8 Å². The monoisotopic (exact) mass is 267 g/mol. The van der Waals surface area contributed by atoms with Crippen molar-refractivity contribution in [3.63, 3.8) is 0 Å². The van der Waals surface area contributed by atoms with Gasteiger partial charge in [-0.25, -0.2) is 0 Å². The molecular weight excluding hydrogens is 242 g/mol. The molecule has 3 aliphatic rings. The standard InChI is InChI=1S/C15H25NO3/c1-10-2-5-14(19-10)9-16-12-3-4-13(16)7-11(6-12)8-15(17)18/h10-14H,2-9H2,1H3,(H,17,18). The summed E-state index contributed by atoms with van der Waals surface area (Å²) >= 11 is 0. The van der Waals surface area contributed by atoms with Gasteiger partial charge < -0.3 is 9.84 Å². The van der Waals surface area contributed by atoms with Crippen molar-refractivity contribution in [2.75, 3.05) is 6.54 Å². The Labute approximate surface area is 115 Å². The summed E-state index contributed by atoms with van der Waals surface area (Å²) in [5, 5.41) is 8.95. The minimum absolute atomic E-state index is 0.359. The summed E-state index contributed by atoms with van der Waals surface area (Å²) in [6.07, 6.45) is 8.23. The summed E-state index contributed by atoms with van der Waals surface area (Å²) < 4.78 is 5.94. The van der Waals surface area contributed by atoms with Crippen molar-refractivity contribution in [3.05, 3.63) is 0 Å². The van der Waals surface area contributed by atoms with Gasteiger partial charge in [0.1, 0.15) is 0 Å². The molecule has 1 N–H and O–H groups in total. The predicted molar refractivity (Wildman–Crippen MR) is 72.1 cm³/mol. The highest BCUT2D eigenvalue weighted by Gasteiger charge is 2.42. The zero-order valence-corrected chi connectivity index (χ0v) is 11.8. The number of nitrogens with zero attached hydrogens (tertiary/aromatic N) is 1. The highest BCUT2D eigenvalue weighted by molar-refractivity contribution is 5.67. The maximum absolute atomic E-state index is 10.9. The molecule has 4 nitrogen and oxygen atoms in total. The number of carbonyl (C=O) groups is 1. The normalized spacial score (nSPS) is 42.7. The summed E-state index contributed by atoms with van der Waals surface area (Å²) in [7, 11) is 0. The van der Waals surface area contributed by atoms with E-state index in [2.05, 4.69) is 11.8 Å². The topological polar surface area (TPSA) is 49.8 Å². The molecule has 0 radical (unpaired) electrons. The molecule has 4 unspecified atom stereocenters. The fraction of sp³-hybridized carbons (Fsp3) is 0.933. The quantitative estimate of drug-likeness (QED) is 0.849. The van der Waals surface area contributed by atoms with Gasteiger partial charge in [0.15, 0.2) is 0 Å². The summed E-state index contributed by atoms with van der Waals surface area (Å²) in [6.45, 7) is 3.23. The zero-order valence-electron chi connectivity index (χ0n) is 11.8. The molecule has 0 aromatic rings. The molecule has 3 fully saturated rings. The molecule has 0 saturated carbocycles. The van der Waals surface area contributed by atoms with Gasteiger partial charge in [-0.15, -0.1) is 0 Å². The lowest BCUT2D eigenvalue weighted by Gasteiger charge is -2.39. The summed E-state index contributed by atoms with van der Waals surface area (Å²) in [6, 6.07) is 1.23. The molecule has 3 aliphatic heterocycles. The highest BCUT2D eigenvalue weighted by atomic mass is 16.5. The fourth-order valence-corrected chi connectivity index (χ4v) is 4.35. The van der Waals surface area contributed by atoms with Crippen LogP contribution in [0, 0.1) is 5.92 Å². The zero-order chi connectivity index (χ0) is 13.4. The lowest BCUT2D eigenvalue weighted by molar-refractivity contribution is -0.138. The molecule has 3 rings (SSSR count). The number of aliphatic carboxylic acids is 1. The lowest BCUT2D eigenvalue weighted by Crippen LogP contribution is -2.46. The van der Waals surface area contributed by atoms with Gasteiger partial charge in [0.05, 0.1) is 12.2 Å². The first-order chi connectivity index (χ1) is 9.11. The lowest BCUT2D eigenvalue weighted by atomic mass is 9.88. The van der Waals surface area contributed by atoms with E-state index in [1.807, 2.05) is 0 Å². The first-order valence-electron chi connectivity index (χ1n) is 7.75. The molecule has 0 spiro atoms. The Morgan fingerprint density at radius 3 is 2.42 bits per heavy atom. The Morgan fingerprint density at radius 1 is 1.21 bits per heavy atom. The van der Waals surface area contributed by atoms with Gasteiger partial charge in [-0.2, -0.15) is 0 Å². The van der Waals surface area contributed by atoms with Crippen LogP contribution in [0.25, 0.3) is 0 Å². The molecule has 0 aromatic heterocycles. The van der Waals surface area contributed by atoms with Crippen molar-refractivity contribution in [2.45, 2.75) is 76.2 Å². The largest absolute Gasteiger partial charge is 0.481 e. The third kappa shape index (κ3) is 2.95. The second kappa shape index (κ2) is 5.41. The number of piperidine rings is 1.